The van der Waals surface area contributed by atoms with Crippen LogP contribution in [0.5, 0.6) is 0 Å². The molecular weight excluding hydrogens is 569 g/mol. The maximum Gasteiger partial charge on any atom is 0.143 e. The van der Waals surface area contributed by atoms with Gasteiger partial charge in [0.1, 0.15) is 11.2 Å². The summed E-state index contributed by atoms with van der Waals surface area (Å²) in [6.07, 6.45) is 0. The Morgan fingerprint density at radius 3 is 1.55 bits per heavy atom. The summed E-state index contributed by atoms with van der Waals surface area (Å²) >= 11 is 0. The second-order valence-electron chi connectivity index (χ2n) is 12.6. The van der Waals surface area contributed by atoms with Crippen LogP contribution >= 0.6 is 0 Å². The van der Waals surface area contributed by atoms with Crippen molar-refractivity contribution >= 4 is 43.5 Å². The molecule has 0 amide bonds. The molecule has 1 heterocycles. The van der Waals surface area contributed by atoms with Crippen LogP contribution in [-0.4, -0.2) is 0 Å². The van der Waals surface area contributed by atoms with Gasteiger partial charge in [0.25, 0.3) is 0 Å². The van der Waals surface area contributed by atoms with Crippen LogP contribution < -0.4 is 0 Å². The first kappa shape index (κ1) is 27.4. The Hall–Kier alpha value is -5.92. The van der Waals surface area contributed by atoms with Gasteiger partial charge in [0, 0.05) is 16.3 Å². The molecule has 0 aliphatic heterocycles. The maximum atomic E-state index is 6.42. The maximum absolute atomic E-state index is 6.42. The number of hydrogen-bond donors (Lipinski definition) is 0. The molecule has 0 saturated heterocycles. The summed E-state index contributed by atoms with van der Waals surface area (Å²) in [6.45, 7) is 4.30. The van der Waals surface area contributed by atoms with Crippen LogP contribution in [0.4, 0.5) is 0 Å². The van der Waals surface area contributed by atoms with Crippen molar-refractivity contribution in [3.63, 3.8) is 0 Å². The molecule has 1 aromatic heterocycles. The van der Waals surface area contributed by atoms with E-state index >= 15 is 0 Å². The van der Waals surface area contributed by atoms with Crippen molar-refractivity contribution in [1.29, 1.82) is 0 Å². The van der Waals surface area contributed by atoms with E-state index in [4.69, 9.17) is 4.42 Å². The molecule has 0 saturated carbocycles. The van der Waals surface area contributed by atoms with Gasteiger partial charge in [-0.05, 0) is 92.5 Å². The Labute approximate surface area is 274 Å². The Morgan fingerprint density at radius 1 is 0.340 bits per heavy atom. The Morgan fingerprint density at radius 2 is 0.851 bits per heavy atom. The van der Waals surface area contributed by atoms with E-state index < -0.39 is 0 Å². The minimum absolute atomic E-state index is 0.917. The molecule has 0 aliphatic carbocycles. The highest BCUT2D eigenvalue weighted by molar-refractivity contribution is 6.22. The highest BCUT2D eigenvalue weighted by Gasteiger charge is 2.18. The number of para-hydroxylation sites is 2. The molecule has 0 radical (unpaired) electrons. The number of rotatable bonds is 4. The van der Waals surface area contributed by atoms with Crippen molar-refractivity contribution in [1.82, 2.24) is 0 Å². The number of hydrogen-bond acceptors (Lipinski definition) is 1. The van der Waals surface area contributed by atoms with Crippen LogP contribution in [0, 0.1) is 13.8 Å². The summed E-state index contributed by atoms with van der Waals surface area (Å²) in [5.74, 6) is 0. The van der Waals surface area contributed by atoms with E-state index in [0.717, 1.165) is 33.1 Å². The summed E-state index contributed by atoms with van der Waals surface area (Å²) in [5.41, 5.74) is 14.0. The zero-order valence-corrected chi connectivity index (χ0v) is 26.4. The van der Waals surface area contributed by atoms with Gasteiger partial charge in [0.15, 0.2) is 0 Å². The van der Waals surface area contributed by atoms with E-state index in [1.165, 1.54) is 66.1 Å². The summed E-state index contributed by atoms with van der Waals surface area (Å²) in [6, 6.07) is 57.4. The van der Waals surface area contributed by atoms with Crippen molar-refractivity contribution in [2.24, 2.45) is 0 Å². The SMILES string of the molecule is Cc1ccc(-c2c3ccccc3c(-c3ccc(C)cc3)c3cc(-c4cccc(-c5cccc6c5oc5ccccc56)c4)ccc23)cc1. The first-order valence-corrected chi connectivity index (χ1v) is 16.3. The van der Waals surface area contributed by atoms with Gasteiger partial charge < -0.3 is 4.42 Å². The van der Waals surface area contributed by atoms with E-state index in [1.807, 2.05) is 12.1 Å². The lowest BCUT2D eigenvalue weighted by atomic mass is 9.84. The number of furan rings is 1. The van der Waals surface area contributed by atoms with Gasteiger partial charge in [-0.1, -0.05) is 151 Å². The van der Waals surface area contributed by atoms with Crippen LogP contribution in [0.25, 0.3) is 88.0 Å². The van der Waals surface area contributed by atoms with Crippen LogP contribution in [0.1, 0.15) is 11.1 Å². The lowest BCUT2D eigenvalue weighted by molar-refractivity contribution is 0.670. The fraction of sp³-hybridized carbons (Fsp3) is 0.0435. The van der Waals surface area contributed by atoms with Gasteiger partial charge in [0.2, 0.25) is 0 Å². The molecule has 47 heavy (non-hydrogen) atoms. The van der Waals surface area contributed by atoms with Crippen LogP contribution in [0.2, 0.25) is 0 Å². The van der Waals surface area contributed by atoms with Gasteiger partial charge in [-0.15, -0.1) is 0 Å². The van der Waals surface area contributed by atoms with Crippen molar-refractivity contribution in [3.8, 4) is 44.5 Å². The molecule has 9 rings (SSSR count). The third-order valence-electron chi connectivity index (χ3n) is 9.62. The predicted octanol–water partition coefficient (Wildman–Crippen LogP) is 13.2. The minimum Gasteiger partial charge on any atom is -0.455 e. The molecule has 0 aliphatic rings. The van der Waals surface area contributed by atoms with Crippen LogP contribution in [0.3, 0.4) is 0 Å². The van der Waals surface area contributed by atoms with E-state index in [9.17, 15) is 0 Å². The highest BCUT2D eigenvalue weighted by atomic mass is 16.3. The molecule has 0 fully saturated rings. The monoisotopic (exact) mass is 600 g/mol. The third-order valence-corrected chi connectivity index (χ3v) is 9.62. The average Bonchev–Trinajstić information content (AvgIpc) is 3.50. The lowest BCUT2D eigenvalue weighted by Crippen LogP contribution is -1.92. The molecule has 1 nitrogen and oxygen atoms in total. The van der Waals surface area contributed by atoms with Gasteiger partial charge in [-0.3, -0.25) is 0 Å². The van der Waals surface area contributed by atoms with Crippen molar-refractivity contribution in [2.45, 2.75) is 13.8 Å². The predicted molar refractivity (Wildman–Crippen MR) is 200 cm³/mol. The molecular formula is C46H32O. The quantitative estimate of drug-likeness (QED) is 0.183. The fourth-order valence-corrected chi connectivity index (χ4v) is 7.26. The average molecular weight is 601 g/mol. The Bertz CT molecular complexity index is 2620. The first-order chi connectivity index (χ1) is 23.1. The van der Waals surface area contributed by atoms with Crippen molar-refractivity contribution in [2.75, 3.05) is 0 Å². The Kier molecular flexibility index (Phi) is 6.33. The highest BCUT2D eigenvalue weighted by Crippen LogP contribution is 2.45. The Balaban J connectivity index is 1.29. The van der Waals surface area contributed by atoms with E-state index in [-0.39, 0.29) is 0 Å². The molecule has 0 N–H and O–H groups in total. The lowest BCUT2D eigenvalue weighted by Gasteiger charge is -2.19. The number of fused-ring (bicyclic) bond motifs is 5. The molecule has 1 heteroatoms. The first-order valence-electron chi connectivity index (χ1n) is 16.3. The normalized spacial score (nSPS) is 11.6. The van der Waals surface area contributed by atoms with Crippen molar-refractivity contribution in [3.05, 3.63) is 169 Å². The third kappa shape index (κ3) is 4.55. The second-order valence-corrected chi connectivity index (χ2v) is 12.6. The topological polar surface area (TPSA) is 13.1 Å². The molecule has 0 atom stereocenters. The minimum atomic E-state index is 0.917. The van der Waals surface area contributed by atoms with Crippen molar-refractivity contribution < 1.29 is 4.42 Å². The summed E-state index contributed by atoms with van der Waals surface area (Å²) in [4.78, 5) is 0. The largest absolute Gasteiger partial charge is 0.455 e. The smallest absolute Gasteiger partial charge is 0.143 e. The van der Waals surface area contributed by atoms with Crippen LogP contribution in [-0.2, 0) is 0 Å². The summed E-state index contributed by atoms with van der Waals surface area (Å²) < 4.78 is 6.42. The number of aryl methyl sites for hydroxylation is 2. The van der Waals surface area contributed by atoms with E-state index in [1.54, 1.807) is 0 Å². The molecule has 222 valence electrons. The zero-order valence-electron chi connectivity index (χ0n) is 26.4. The molecule has 0 bridgehead atoms. The molecule has 0 spiro atoms. The van der Waals surface area contributed by atoms with Gasteiger partial charge >= 0.3 is 0 Å². The second kappa shape index (κ2) is 10.9. The molecule has 9 aromatic rings. The molecule has 0 unspecified atom stereocenters. The summed E-state index contributed by atoms with van der Waals surface area (Å²) in [7, 11) is 0. The van der Waals surface area contributed by atoms with E-state index in [0.29, 0.717) is 0 Å². The van der Waals surface area contributed by atoms with Crippen LogP contribution in [0.15, 0.2) is 162 Å². The molecule has 8 aromatic carbocycles. The van der Waals surface area contributed by atoms with Gasteiger partial charge in [0.05, 0.1) is 0 Å². The zero-order chi connectivity index (χ0) is 31.5. The summed E-state index contributed by atoms with van der Waals surface area (Å²) in [5, 5.41) is 7.35. The standard InChI is InChI=1S/C46H32O/c1-29-17-21-31(22-18-29)44-38-12-3-4-13-39(38)45(32-23-19-30(2)20-24-32)42-28-34(25-26-40(42)44)33-9-7-10-35(27-33)36-14-8-15-41-37-11-5-6-16-43(37)47-46(36)41/h3-28H,1-2H3. The van der Waals surface area contributed by atoms with E-state index in [2.05, 4.69) is 159 Å². The van der Waals surface area contributed by atoms with Gasteiger partial charge in [-0.25, -0.2) is 0 Å². The fourth-order valence-electron chi connectivity index (χ4n) is 7.26. The number of benzene rings is 8. The van der Waals surface area contributed by atoms with Gasteiger partial charge in [-0.2, -0.15) is 0 Å².